The second-order valence-corrected chi connectivity index (χ2v) is 4.81. The van der Waals surface area contributed by atoms with Gasteiger partial charge in [-0.1, -0.05) is 0 Å². The van der Waals surface area contributed by atoms with Gasteiger partial charge in [0.25, 0.3) is 5.91 Å². The topological polar surface area (TPSA) is 96.7 Å². The number of aryl methyl sites for hydroxylation is 1. The lowest BCUT2D eigenvalue weighted by Crippen LogP contribution is -2.23. The molecule has 0 fully saturated rings. The molecule has 0 aliphatic heterocycles. The fourth-order valence-corrected chi connectivity index (χ4v) is 2.27. The number of aromatic nitrogens is 3. The Bertz CT molecular complexity index is 533. The summed E-state index contributed by atoms with van der Waals surface area (Å²) < 4.78 is 0. The molecule has 2 aromatic heterocycles. The highest BCUT2D eigenvalue weighted by Crippen LogP contribution is 2.10. The molecule has 18 heavy (non-hydrogen) atoms. The van der Waals surface area contributed by atoms with Crippen molar-refractivity contribution in [2.45, 2.75) is 19.9 Å². The molecule has 96 valence electrons. The predicted molar refractivity (Wildman–Crippen MR) is 69.4 cm³/mol. The van der Waals surface area contributed by atoms with Gasteiger partial charge in [0.2, 0.25) is 0 Å². The molecule has 7 heteroatoms. The molecule has 0 aromatic carbocycles. The van der Waals surface area contributed by atoms with Gasteiger partial charge in [0.1, 0.15) is 5.69 Å². The van der Waals surface area contributed by atoms with Crippen molar-refractivity contribution in [3.63, 3.8) is 0 Å². The Morgan fingerprint density at radius 3 is 3.11 bits per heavy atom. The fraction of sp³-hybridized carbons (Fsp3) is 0.364. The number of rotatable bonds is 5. The summed E-state index contributed by atoms with van der Waals surface area (Å²) in [6.07, 6.45) is 2.41. The van der Waals surface area contributed by atoms with Crippen LogP contribution in [0.15, 0.2) is 11.6 Å². The third kappa shape index (κ3) is 2.93. The van der Waals surface area contributed by atoms with E-state index >= 15 is 0 Å². The lowest BCUT2D eigenvalue weighted by molar-refractivity contribution is 0.0946. The van der Waals surface area contributed by atoms with Gasteiger partial charge >= 0.3 is 0 Å². The lowest BCUT2D eigenvalue weighted by atomic mass is 10.2. The maximum absolute atomic E-state index is 11.8. The van der Waals surface area contributed by atoms with E-state index in [2.05, 4.69) is 20.5 Å². The Hall–Kier alpha value is -1.73. The van der Waals surface area contributed by atoms with Gasteiger partial charge in [0.15, 0.2) is 0 Å². The van der Waals surface area contributed by atoms with E-state index < -0.39 is 0 Å². The summed E-state index contributed by atoms with van der Waals surface area (Å²) >= 11 is 1.46. The molecule has 0 aliphatic carbocycles. The standard InChI is InChI=1S/C11H15N5OS/c1-7-8(5-14-16-7)4-13-11(17)9-6-18-10(15-9)2-3-12/h5-6H,2-4,12H2,1H3,(H,13,17)(H,14,16). The Morgan fingerprint density at radius 1 is 1.61 bits per heavy atom. The fourth-order valence-electron chi connectivity index (χ4n) is 1.47. The number of nitrogens with zero attached hydrogens (tertiary/aromatic N) is 2. The summed E-state index contributed by atoms with van der Waals surface area (Å²) in [5.74, 6) is -0.171. The first-order chi connectivity index (χ1) is 8.70. The monoisotopic (exact) mass is 265 g/mol. The van der Waals surface area contributed by atoms with Crippen LogP contribution in [-0.2, 0) is 13.0 Å². The third-order valence-corrected chi connectivity index (χ3v) is 3.42. The minimum atomic E-state index is -0.171. The summed E-state index contributed by atoms with van der Waals surface area (Å²) in [7, 11) is 0. The molecule has 0 radical (unpaired) electrons. The molecule has 0 atom stereocenters. The van der Waals surface area contributed by atoms with Crippen LogP contribution in [0.25, 0.3) is 0 Å². The van der Waals surface area contributed by atoms with Crippen molar-refractivity contribution in [2.24, 2.45) is 5.73 Å². The van der Waals surface area contributed by atoms with E-state index in [0.29, 0.717) is 25.2 Å². The smallest absolute Gasteiger partial charge is 0.271 e. The van der Waals surface area contributed by atoms with E-state index in [0.717, 1.165) is 16.3 Å². The van der Waals surface area contributed by atoms with Crippen molar-refractivity contribution in [2.75, 3.05) is 6.54 Å². The second-order valence-electron chi connectivity index (χ2n) is 3.87. The van der Waals surface area contributed by atoms with Crippen LogP contribution in [0.3, 0.4) is 0 Å². The maximum atomic E-state index is 11.8. The van der Waals surface area contributed by atoms with Crippen LogP contribution in [-0.4, -0.2) is 27.6 Å². The number of nitrogens with two attached hydrogens (primary N) is 1. The zero-order valence-electron chi connectivity index (χ0n) is 10.1. The number of nitrogens with one attached hydrogen (secondary N) is 2. The molecule has 0 unspecified atom stereocenters. The van der Waals surface area contributed by atoms with Crippen LogP contribution < -0.4 is 11.1 Å². The van der Waals surface area contributed by atoms with Crippen molar-refractivity contribution >= 4 is 17.2 Å². The van der Waals surface area contributed by atoms with Gasteiger partial charge in [-0.3, -0.25) is 9.89 Å². The first-order valence-electron chi connectivity index (χ1n) is 5.62. The van der Waals surface area contributed by atoms with E-state index in [-0.39, 0.29) is 5.91 Å². The average molecular weight is 265 g/mol. The molecular weight excluding hydrogens is 250 g/mol. The predicted octanol–water partition coefficient (Wildman–Crippen LogP) is 0.606. The second kappa shape index (κ2) is 5.74. The molecular formula is C11H15N5OS. The maximum Gasteiger partial charge on any atom is 0.271 e. The largest absolute Gasteiger partial charge is 0.346 e. The van der Waals surface area contributed by atoms with E-state index in [9.17, 15) is 4.79 Å². The van der Waals surface area contributed by atoms with Gasteiger partial charge in [-0.25, -0.2) is 4.98 Å². The summed E-state index contributed by atoms with van der Waals surface area (Å²) in [6, 6.07) is 0. The van der Waals surface area contributed by atoms with E-state index in [1.807, 2.05) is 6.92 Å². The normalized spacial score (nSPS) is 10.6. The van der Waals surface area contributed by atoms with Gasteiger partial charge in [0, 0.05) is 29.6 Å². The number of H-pyrrole nitrogens is 1. The minimum Gasteiger partial charge on any atom is -0.346 e. The molecule has 1 amide bonds. The Morgan fingerprint density at radius 2 is 2.44 bits per heavy atom. The van der Waals surface area contributed by atoms with Gasteiger partial charge in [0.05, 0.1) is 11.2 Å². The van der Waals surface area contributed by atoms with Crippen LogP contribution in [0, 0.1) is 6.92 Å². The van der Waals surface area contributed by atoms with Crippen LogP contribution in [0.2, 0.25) is 0 Å². The van der Waals surface area contributed by atoms with Crippen molar-refractivity contribution in [3.05, 3.63) is 33.5 Å². The van der Waals surface area contributed by atoms with Gasteiger partial charge in [-0.2, -0.15) is 5.10 Å². The number of hydrogen-bond acceptors (Lipinski definition) is 5. The highest BCUT2D eigenvalue weighted by Gasteiger charge is 2.10. The number of carbonyl (C=O) groups is 1. The van der Waals surface area contributed by atoms with E-state index in [1.54, 1.807) is 11.6 Å². The average Bonchev–Trinajstić information content (AvgIpc) is 2.96. The summed E-state index contributed by atoms with van der Waals surface area (Å²) in [5.41, 5.74) is 7.82. The van der Waals surface area contributed by atoms with Gasteiger partial charge in [-0.15, -0.1) is 11.3 Å². The third-order valence-electron chi connectivity index (χ3n) is 2.52. The zero-order valence-corrected chi connectivity index (χ0v) is 10.9. The lowest BCUT2D eigenvalue weighted by Gasteiger charge is -2.01. The summed E-state index contributed by atoms with van der Waals surface area (Å²) in [5, 5.41) is 12.2. The Kier molecular flexibility index (Phi) is 4.06. The molecule has 4 N–H and O–H groups in total. The van der Waals surface area contributed by atoms with Gasteiger partial charge in [-0.05, 0) is 13.5 Å². The Labute approximate surface area is 109 Å². The Balaban J connectivity index is 1.93. The number of aromatic amines is 1. The molecule has 0 bridgehead atoms. The first-order valence-corrected chi connectivity index (χ1v) is 6.50. The van der Waals surface area contributed by atoms with Crippen molar-refractivity contribution in [1.82, 2.24) is 20.5 Å². The van der Waals surface area contributed by atoms with Crippen LogP contribution in [0.5, 0.6) is 0 Å². The zero-order chi connectivity index (χ0) is 13.0. The van der Waals surface area contributed by atoms with Crippen LogP contribution >= 0.6 is 11.3 Å². The van der Waals surface area contributed by atoms with E-state index in [4.69, 9.17) is 5.73 Å². The number of thiazole rings is 1. The molecule has 0 spiro atoms. The SMILES string of the molecule is Cc1[nH]ncc1CNC(=O)c1csc(CCN)n1. The number of carbonyl (C=O) groups excluding carboxylic acids is 1. The molecule has 0 saturated heterocycles. The van der Waals surface area contributed by atoms with Crippen LogP contribution in [0.4, 0.5) is 0 Å². The molecule has 6 nitrogen and oxygen atoms in total. The number of hydrogen-bond donors (Lipinski definition) is 3. The van der Waals surface area contributed by atoms with Crippen molar-refractivity contribution < 1.29 is 4.79 Å². The van der Waals surface area contributed by atoms with Crippen molar-refractivity contribution in [1.29, 1.82) is 0 Å². The van der Waals surface area contributed by atoms with Crippen LogP contribution in [0.1, 0.15) is 26.8 Å². The molecule has 2 heterocycles. The van der Waals surface area contributed by atoms with Gasteiger partial charge < -0.3 is 11.1 Å². The molecule has 2 rings (SSSR count). The first kappa shape index (κ1) is 12.7. The molecule has 2 aromatic rings. The van der Waals surface area contributed by atoms with Crippen molar-refractivity contribution in [3.8, 4) is 0 Å². The molecule has 0 aliphatic rings. The van der Waals surface area contributed by atoms with E-state index in [1.165, 1.54) is 11.3 Å². The summed E-state index contributed by atoms with van der Waals surface area (Å²) in [6.45, 7) is 2.91. The highest BCUT2D eigenvalue weighted by molar-refractivity contribution is 7.09. The quantitative estimate of drug-likeness (QED) is 0.737. The number of amides is 1. The minimum absolute atomic E-state index is 0.171. The highest BCUT2D eigenvalue weighted by atomic mass is 32.1. The summed E-state index contributed by atoms with van der Waals surface area (Å²) in [4.78, 5) is 16.1. The molecule has 0 saturated carbocycles.